The lowest BCUT2D eigenvalue weighted by Gasteiger charge is -2.26. The Labute approximate surface area is 134 Å². The van der Waals surface area contributed by atoms with Crippen LogP contribution in [0.5, 0.6) is 0 Å². The fourth-order valence-electron chi connectivity index (χ4n) is 3.00. The number of rotatable bonds is 3. The molecule has 4 rings (SSSR count). The fourth-order valence-corrected chi connectivity index (χ4v) is 7.61. The number of nitrogens with zero attached hydrogens (tertiary/aromatic N) is 2. The Bertz CT molecular complexity index is 807. The van der Waals surface area contributed by atoms with Crippen molar-refractivity contribution in [2.45, 2.75) is 12.8 Å². The van der Waals surface area contributed by atoms with E-state index in [0.29, 0.717) is 0 Å². The minimum absolute atomic E-state index is 0.766. The highest BCUT2D eigenvalue weighted by molar-refractivity contribution is 7.81. The molecule has 0 N–H and O–H groups in total. The quantitative estimate of drug-likeness (QED) is 0.689. The zero-order valence-electron chi connectivity index (χ0n) is 12.2. The first-order chi connectivity index (χ1) is 10.8. The number of para-hydroxylation sites is 1. The van der Waals surface area contributed by atoms with Crippen LogP contribution in [0.4, 0.5) is 0 Å². The monoisotopic (exact) mass is 328 g/mol. The largest absolute Gasteiger partial charge is 0.294 e. The highest BCUT2D eigenvalue weighted by Gasteiger charge is 2.38. The van der Waals surface area contributed by atoms with Gasteiger partial charge in [0, 0.05) is 18.4 Å². The SMILES string of the molecule is O=P(c1ccccc1)(c1nc2ccccc2s1)N1CCCC1. The predicted molar refractivity (Wildman–Crippen MR) is 93.7 cm³/mol. The van der Waals surface area contributed by atoms with E-state index < -0.39 is 7.29 Å². The Kier molecular flexibility index (Phi) is 3.61. The Balaban J connectivity index is 1.92. The van der Waals surface area contributed by atoms with E-state index in [9.17, 15) is 4.57 Å². The van der Waals surface area contributed by atoms with Gasteiger partial charge in [-0.2, -0.15) is 0 Å². The smallest absolute Gasteiger partial charge is 0.234 e. The predicted octanol–water partition coefficient (Wildman–Crippen LogP) is 3.62. The number of hydrogen-bond acceptors (Lipinski definition) is 3. The molecular weight excluding hydrogens is 311 g/mol. The van der Waals surface area contributed by atoms with Gasteiger partial charge in [0.2, 0.25) is 7.29 Å². The molecule has 0 bridgehead atoms. The van der Waals surface area contributed by atoms with Gasteiger partial charge >= 0.3 is 0 Å². The van der Waals surface area contributed by atoms with Crippen LogP contribution in [0.15, 0.2) is 54.6 Å². The first-order valence-electron chi connectivity index (χ1n) is 7.56. The molecule has 2 aromatic carbocycles. The molecule has 0 aliphatic carbocycles. The molecule has 2 heterocycles. The third-order valence-electron chi connectivity index (χ3n) is 4.13. The van der Waals surface area contributed by atoms with Crippen LogP contribution in [-0.2, 0) is 4.57 Å². The first-order valence-corrected chi connectivity index (χ1v) is 10.0. The molecule has 0 amide bonds. The minimum Gasteiger partial charge on any atom is -0.294 e. The van der Waals surface area contributed by atoms with Gasteiger partial charge in [-0.05, 0) is 37.1 Å². The van der Waals surface area contributed by atoms with Gasteiger partial charge in [-0.3, -0.25) is 4.57 Å². The second kappa shape index (κ2) is 5.62. The lowest BCUT2D eigenvalue weighted by molar-refractivity contribution is 0.492. The van der Waals surface area contributed by atoms with Crippen molar-refractivity contribution in [2.75, 3.05) is 13.1 Å². The van der Waals surface area contributed by atoms with Crippen LogP contribution in [0.1, 0.15) is 12.8 Å². The number of aromatic nitrogens is 1. The van der Waals surface area contributed by atoms with Crippen LogP contribution in [0.25, 0.3) is 10.2 Å². The van der Waals surface area contributed by atoms with Crippen molar-refractivity contribution in [3.05, 3.63) is 54.6 Å². The topological polar surface area (TPSA) is 33.2 Å². The summed E-state index contributed by atoms with van der Waals surface area (Å²) in [5.41, 5.74) is 0.942. The molecule has 1 aliphatic heterocycles. The summed E-state index contributed by atoms with van der Waals surface area (Å²) in [7, 11) is -2.80. The molecule has 1 aromatic heterocycles. The van der Waals surface area contributed by atoms with E-state index in [2.05, 4.69) is 10.7 Å². The molecule has 22 heavy (non-hydrogen) atoms. The molecule has 0 radical (unpaired) electrons. The summed E-state index contributed by atoms with van der Waals surface area (Å²) in [6, 6.07) is 17.9. The van der Waals surface area contributed by atoms with Crippen molar-refractivity contribution in [3.8, 4) is 0 Å². The zero-order chi connectivity index (χ0) is 15.0. The van der Waals surface area contributed by atoms with Gasteiger partial charge in [0.15, 0.2) is 4.75 Å². The van der Waals surface area contributed by atoms with Crippen molar-refractivity contribution >= 4 is 38.9 Å². The molecule has 1 fully saturated rings. The minimum atomic E-state index is -2.80. The maximum absolute atomic E-state index is 14.1. The molecule has 112 valence electrons. The Hall–Kier alpha value is -1.48. The van der Waals surface area contributed by atoms with E-state index in [1.807, 2.05) is 48.5 Å². The van der Waals surface area contributed by atoms with Crippen molar-refractivity contribution in [1.82, 2.24) is 9.65 Å². The van der Waals surface area contributed by atoms with Crippen LogP contribution >= 0.6 is 18.6 Å². The van der Waals surface area contributed by atoms with E-state index in [1.54, 1.807) is 11.3 Å². The van der Waals surface area contributed by atoms with E-state index in [1.165, 1.54) is 0 Å². The van der Waals surface area contributed by atoms with E-state index in [-0.39, 0.29) is 0 Å². The molecule has 0 spiro atoms. The van der Waals surface area contributed by atoms with Crippen LogP contribution in [-0.4, -0.2) is 22.7 Å². The first kappa shape index (κ1) is 14.1. The second-order valence-electron chi connectivity index (χ2n) is 5.54. The van der Waals surface area contributed by atoms with E-state index in [0.717, 1.165) is 46.2 Å². The third-order valence-corrected chi connectivity index (χ3v) is 8.80. The molecule has 1 atom stereocenters. The summed E-state index contributed by atoms with van der Waals surface area (Å²) in [5.74, 6) is 0. The van der Waals surface area contributed by atoms with E-state index in [4.69, 9.17) is 4.98 Å². The molecule has 0 saturated carbocycles. The summed E-state index contributed by atoms with van der Waals surface area (Å²) in [5, 5.41) is 0.899. The average Bonchev–Trinajstić information content (AvgIpc) is 3.24. The van der Waals surface area contributed by atoms with Gasteiger partial charge < -0.3 is 0 Å². The van der Waals surface area contributed by atoms with Crippen LogP contribution < -0.4 is 10.1 Å². The Morgan fingerprint density at radius 1 is 0.955 bits per heavy atom. The zero-order valence-corrected chi connectivity index (χ0v) is 13.9. The summed E-state index contributed by atoms with van der Waals surface area (Å²) in [6.45, 7) is 1.78. The molecule has 1 saturated heterocycles. The van der Waals surface area contributed by atoms with Gasteiger partial charge in [-0.15, -0.1) is 11.3 Å². The van der Waals surface area contributed by atoms with Crippen molar-refractivity contribution < 1.29 is 4.57 Å². The van der Waals surface area contributed by atoms with Crippen LogP contribution in [0, 0.1) is 0 Å². The molecule has 1 aliphatic rings. The second-order valence-corrected chi connectivity index (χ2v) is 9.53. The standard InChI is InChI=1S/C17H17N2OPS/c20-21(19-12-6-7-13-19,14-8-2-1-3-9-14)17-18-15-10-4-5-11-16(15)22-17/h1-5,8-11H,6-7,12-13H2. The summed E-state index contributed by atoms with van der Waals surface area (Å²) < 4.78 is 18.1. The maximum atomic E-state index is 14.1. The summed E-state index contributed by atoms with van der Waals surface area (Å²) >= 11 is 1.57. The van der Waals surface area contributed by atoms with Gasteiger partial charge in [0.05, 0.1) is 10.2 Å². The third kappa shape index (κ3) is 2.23. The van der Waals surface area contributed by atoms with Crippen molar-refractivity contribution in [3.63, 3.8) is 0 Å². The van der Waals surface area contributed by atoms with Crippen molar-refractivity contribution in [2.24, 2.45) is 0 Å². The summed E-state index contributed by atoms with van der Waals surface area (Å²) in [4.78, 5) is 4.72. The Morgan fingerprint density at radius 2 is 1.64 bits per heavy atom. The summed E-state index contributed by atoms with van der Waals surface area (Å²) in [6.07, 6.45) is 2.23. The average molecular weight is 328 g/mol. The van der Waals surface area contributed by atoms with Gasteiger partial charge in [-0.25, -0.2) is 9.65 Å². The molecular formula is C17H17N2OPS. The lowest BCUT2D eigenvalue weighted by atomic mass is 10.3. The van der Waals surface area contributed by atoms with E-state index >= 15 is 0 Å². The lowest BCUT2D eigenvalue weighted by Crippen LogP contribution is -2.30. The van der Waals surface area contributed by atoms with Gasteiger partial charge in [0.25, 0.3) is 0 Å². The molecule has 5 heteroatoms. The number of benzene rings is 2. The fraction of sp³-hybridized carbons (Fsp3) is 0.235. The highest BCUT2D eigenvalue weighted by atomic mass is 32.1. The number of thiazole rings is 1. The van der Waals surface area contributed by atoms with Crippen molar-refractivity contribution in [1.29, 1.82) is 0 Å². The van der Waals surface area contributed by atoms with Crippen LogP contribution in [0.2, 0.25) is 0 Å². The van der Waals surface area contributed by atoms with Gasteiger partial charge in [0.1, 0.15) is 0 Å². The Morgan fingerprint density at radius 3 is 2.36 bits per heavy atom. The molecule has 1 unspecified atom stereocenters. The highest BCUT2D eigenvalue weighted by Crippen LogP contribution is 2.50. The normalized spacial score (nSPS) is 18.5. The maximum Gasteiger partial charge on any atom is 0.234 e. The van der Waals surface area contributed by atoms with Crippen LogP contribution in [0.3, 0.4) is 0 Å². The van der Waals surface area contributed by atoms with Gasteiger partial charge in [-0.1, -0.05) is 30.3 Å². The number of hydrogen-bond donors (Lipinski definition) is 0. The molecule has 3 aromatic rings. The number of fused-ring (bicyclic) bond motifs is 1. The molecule has 3 nitrogen and oxygen atoms in total.